The Kier molecular flexibility index (Phi) is 6.18. The zero-order valence-electron chi connectivity index (χ0n) is 22.6. The SMILES string of the molecule is Cc1cc(C)c(B2c3sc([Si](C)(C)C)cc3-c3cc(F)c(F)cc3-c3cc([Si](C)(C)C)sc32)c(C)c1. The molecule has 1 aliphatic rings. The summed E-state index contributed by atoms with van der Waals surface area (Å²) in [6.45, 7) is 20.8. The van der Waals surface area contributed by atoms with Gasteiger partial charge in [-0.1, -0.05) is 73.6 Å². The first kappa shape index (κ1) is 25.8. The van der Waals surface area contributed by atoms with Gasteiger partial charge in [0.05, 0.1) is 16.1 Å². The van der Waals surface area contributed by atoms with Crippen molar-refractivity contribution in [3.8, 4) is 22.3 Å². The minimum Gasteiger partial charge on any atom is -0.204 e. The van der Waals surface area contributed by atoms with E-state index in [0.717, 1.165) is 22.3 Å². The lowest BCUT2D eigenvalue weighted by Crippen LogP contribution is -2.53. The van der Waals surface area contributed by atoms with Gasteiger partial charge in [-0.25, -0.2) is 8.78 Å². The maximum atomic E-state index is 14.8. The zero-order chi connectivity index (χ0) is 26.3. The van der Waals surface area contributed by atoms with E-state index in [2.05, 4.69) is 84.3 Å². The Morgan fingerprint density at radius 3 is 1.33 bits per heavy atom. The van der Waals surface area contributed by atoms with Crippen molar-refractivity contribution in [3.05, 3.63) is 64.7 Å². The molecule has 2 aromatic heterocycles. The van der Waals surface area contributed by atoms with Crippen LogP contribution in [0.4, 0.5) is 8.78 Å². The quantitative estimate of drug-likeness (QED) is 0.233. The van der Waals surface area contributed by atoms with Crippen LogP contribution in [0.25, 0.3) is 22.3 Å². The second kappa shape index (κ2) is 8.62. The van der Waals surface area contributed by atoms with Crippen molar-refractivity contribution in [1.82, 2.24) is 0 Å². The van der Waals surface area contributed by atoms with Crippen molar-refractivity contribution in [2.24, 2.45) is 0 Å². The number of halogens is 2. The molecule has 0 nitrogen and oxygen atoms in total. The average Bonchev–Trinajstić information content (AvgIpc) is 3.35. The summed E-state index contributed by atoms with van der Waals surface area (Å²) in [4.78, 5) is 0. The number of thiophene rings is 2. The molecule has 3 heterocycles. The third-order valence-corrected chi connectivity index (χ3v) is 16.8. The number of fused-ring (bicyclic) bond motifs is 5. The van der Waals surface area contributed by atoms with Crippen LogP contribution in [0.2, 0.25) is 39.3 Å². The highest BCUT2D eigenvalue weighted by atomic mass is 32.1. The van der Waals surface area contributed by atoms with E-state index < -0.39 is 27.8 Å². The summed E-state index contributed by atoms with van der Waals surface area (Å²) in [6, 6.07) is 12.0. The van der Waals surface area contributed by atoms with Crippen LogP contribution in [-0.4, -0.2) is 22.9 Å². The second-order valence-corrected chi connectivity index (χ2v) is 25.3. The van der Waals surface area contributed by atoms with Crippen molar-refractivity contribution in [1.29, 1.82) is 0 Å². The molecule has 0 bridgehead atoms. The van der Waals surface area contributed by atoms with E-state index in [-0.39, 0.29) is 6.71 Å². The third kappa shape index (κ3) is 4.22. The largest absolute Gasteiger partial charge is 0.268 e. The van der Waals surface area contributed by atoms with Gasteiger partial charge in [0, 0.05) is 0 Å². The van der Waals surface area contributed by atoms with Crippen LogP contribution < -0.4 is 24.0 Å². The molecular weight excluding hydrogens is 517 g/mol. The Balaban J connectivity index is 1.96. The maximum absolute atomic E-state index is 14.8. The smallest absolute Gasteiger partial charge is 0.204 e. The molecule has 0 amide bonds. The van der Waals surface area contributed by atoms with Crippen molar-refractivity contribution < 1.29 is 8.78 Å². The van der Waals surface area contributed by atoms with Crippen LogP contribution in [0.5, 0.6) is 0 Å². The molecule has 0 atom stereocenters. The van der Waals surface area contributed by atoms with E-state index in [0.29, 0.717) is 0 Å². The van der Waals surface area contributed by atoms with Crippen molar-refractivity contribution in [3.63, 3.8) is 0 Å². The van der Waals surface area contributed by atoms with E-state index in [4.69, 9.17) is 0 Å². The monoisotopic (exact) mass is 550 g/mol. The first-order valence-electron chi connectivity index (χ1n) is 12.5. The van der Waals surface area contributed by atoms with Crippen molar-refractivity contribution in [2.45, 2.75) is 60.1 Å². The predicted molar refractivity (Wildman–Crippen MR) is 164 cm³/mol. The van der Waals surface area contributed by atoms with E-state index in [1.165, 1.54) is 52.8 Å². The van der Waals surface area contributed by atoms with Crippen LogP contribution in [-0.2, 0) is 0 Å². The van der Waals surface area contributed by atoms with Gasteiger partial charge in [0.2, 0.25) is 0 Å². The fourth-order valence-electron chi connectivity index (χ4n) is 5.42. The molecular formula is C29H33BF2S2Si2. The molecule has 1 aliphatic heterocycles. The van der Waals surface area contributed by atoms with Gasteiger partial charge in [0.15, 0.2) is 11.6 Å². The highest BCUT2D eigenvalue weighted by Gasteiger charge is 2.39. The van der Waals surface area contributed by atoms with Gasteiger partial charge in [0.1, 0.15) is 0 Å². The molecule has 0 saturated carbocycles. The fourth-order valence-corrected chi connectivity index (χ4v) is 11.9. The molecule has 0 fully saturated rings. The lowest BCUT2D eigenvalue weighted by molar-refractivity contribution is 0.509. The Hall–Kier alpha value is -1.80. The number of hydrogen-bond donors (Lipinski definition) is 0. The number of hydrogen-bond acceptors (Lipinski definition) is 2. The van der Waals surface area contributed by atoms with Crippen molar-refractivity contribution in [2.75, 3.05) is 0 Å². The van der Waals surface area contributed by atoms with Crippen LogP contribution in [0.15, 0.2) is 36.4 Å². The Labute approximate surface area is 224 Å². The zero-order valence-corrected chi connectivity index (χ0v) is 26.2. The van der Waals surface area contributed by atoms with Gasteiger partial charge < -0.3 is 0 Å². The third-order valence-electron chi connectivity index (χ3n) is 7.19. The summed E-state index contributed by atoms with van der Waals surface area (Å²) in [5, 5.41) is 0. The second-order valence-electron chi connectivity index (χ2n) is 12.3. The summed E-state index contributed by atoms with van der Waals surface area (Å²) in [5.41, 5.74) is 8.98. The Bertz CT molecular complexity index is 1410. The molecule has 0 N–H and O–H groups in total. The minimum absolute atomic E-state index is 0.0549. The molecule has 2 aromatic carbocycles. The lowest BCUT2D eigenvalue weighted by atomic mass is 9.40. The van der Waals surface area contributed by atoms with Crippen LogP contribution in [0.3, 0.4) is 0 Å². The standard InChI is InChI=1S/C29H33BF2S2Si2/c1-16-10-17(2)27(18(3)11-16)30-28-21(14-25(33-28)35(4,5)6)19-12-23(31)24(32)13-20(19)22-15-26(34-29(22)30)36(7,8)9/h10-15H,1-9H3. The first-order valence-corrected chi connectivity index (χ1v) is 21.2. The molecule has 0 radical (unpaired) electrons. The highest BCUT2D eigenvalue weighted by Crippen LogP contribution is 2.38. The van der Waals surface area contributed by atoms with Crippen LogP contribution in [0.1, 0.15) is 16.7 Å². The lowest BCUT2D eigenvalue weighted by Gasteiger charge is -2.20. The molecule has 0 aliphatic carbocycles. The summed E-state index contributed by atoms with van der Waals surface area (Å²) in [7, 11) is -3.27. The first-order chi connectivity index (χ1) is 16.7. The van der Waals surface area contributed by atoms with Crippen LogP contribution >= 0.6 is 22.7 Å². The number of aryl methyl sites for hydroxylation is 3. The van der Waals surface area contributed by atoms with Crippen LogP contribution in [0, 0.1) is 32.4 Å². The van der Waals surface area contributed by atoms with Gasteiger partial charge in [-0.3, -0.25) is 0 Å². The molecule has 0 spiro atoms. The number of rotatable bonds is 3. The van der Waals surface area contributed by atoms with Gasteiger partial charge in [-0.15, -0.1) is 0 Å². The summed E-state index contributed by atoms with van der Waals surface area (Å²) < 4.78 is 34.9. The van der Waals surface area contributed by atoms with Gasteiger partial charge >= 0.3 is 0 Å². The molecule has 186 valence electrons. The molecule has 0 saturated heterocycles. The summed E-state index contributed by atoms with van der Waals surface area (Å²) in [6.07, 6.45) is 0. The average molecular weight is 551 g/mol. The summed E-state index contributed by atoms with van der Waals surface area (Å²) >= 11 is 3.80. The van der Waals surface area contributed by atoms with E-state index in [1.807, 2.05) is 22.7 Å². The van der Waals surface area contributed by atoms with Gasteiger partial charge in [-0.2, -0.15) is 22.7 Å². The molecule has 0 unspecified atom stereocenters. The molecule has 36 heavy (non-hydrogen) atoms. The molecule has 4 aromatic rings. The van der Waals surface area contributed by atoms with E-state index >= 15 is 0 Å². The normalized spacial score (nSPS) is 13.4. The summed E-state index contributed by atoms with van der Waals surface area (Å²) in [5.74, 6) is -1.55. The Morgan fingerprint density at radius 2 is 0.972 bits per heavy atom. The Morgan fingerprint density at radius 1 is 0.583 bits per heavy atom. The van der Waals surface area contributed by atoms with Gasteiger partial charge in [-0.05, 0) is 85.8 Å². The van der Waals surface area contributed by atoms with E-state index in [9.17, 15) is 8.78 Å². The van der Waals surface area contributed by atoms with Crippen molar-refractivity contribution >= 4 is 69.6 Å². The molecule has 5 rings (SSSR count). The topological polar surface area (TPSA) is 0 Å². The highest BCUT2D eigenvalue weighted by molar-refractivity contribution is 7.42. The number of benzene rings is 2. The van der Waals surface area contributed by atoms with Gasteiger partial charge in [0.25, 0.3) is 6.71 Å². The maximum Gasteiger partial charge on any atom is 0.268 e. The molecule has 7 heteroatoms. The predicted octanol–water partition coefficient (Wildman–Crippen LogP) is 6.27. The van der Waals surface area contributed by atoms with E-state index in [1.54, 1.807) is 0 Å². The minimum atomic E-state index is -1.63. The fraction of sp³-hybridized carbons (Fsp3) is 0.310.